The number of ether oxygens (including phenoxy) is 4. The fourth-order valence-electron chi connectivity index (χ4n) is 5.91. The second-order valence-electron chi connectivity index (χ2n) is 11.4. The van der Waals surface area contributed by atoms with E-state index in [0.29, 0.717) is 34.8 Å². The number of aliphatic hydroxyl groups excluding tert-OH is 1. The lowest BCUT2D eigenvalue weighted by atomic mass is 9.89. The van der Waals surface area contributed by atoms with Crippen LogP contribution in [0.4, 0.5) is 0 Å². The number of esters is 1. The number of carbonyl (C=O) groups excluding carboxylic acids is 3. The maximum Gasteiger partial charge on any atom is 0.338 e. The average Bonchev–Trinajstić information content (AvgIpc) is 3.65. The molecule has 4 aliphatic rings. The number of fused-ring (bicyclic) bond motifs is 2. The van der Waals surface area contributed by atoms with E-state index in [9.17, 15) is 14.4 Å². The van der Waals surface area contributed by atoms with Gasteiger partial charge in [-0.1, -0.05) is 36.4 Å². The second kappa shape index (κ2) is 13.2. The first kappa shape index (κ1) is 29.3. The van der Waals surface area contributed by atoms with Crippen molar-refractivity contribution in [3.05, 3.63) is 88.5 Å². The number of rotatable bonds is 10. The molecule has 2 heterocycles. The molecule has 2 aromatic carbocycles. The number of hydrogen-bond acceptors (Lipinski definition) is 8. The minimum absolute atomic E-state index is 0.0511. The highest BCUT2D eigenvalue weighted by Crippen LogP contribution is 2.40. The number of benzene rings is 2. The molecule has 10 heteroatoms. The van der Waals surface area contributed by atoms with Crippen molar-refractivity contribution in [3.63, 3.8) is 0 Å². The first-order chi connectivity index (χ1) is 21.0. The van der Waals surface area contributed by atoms with Crippen molar-refractivity contribution in [2.45, 2.75) is 62.7 Å². The lowest BCUT2D eigenvalue weighted by Gasteiger charge is -2.30. The van der Waals surface area contributed by atoms with Gasteiger partial charge in [-0.25, -0.2) is 4.79 Å². The number of epoxide rings is 1. The zero-order valence-electron chi connectivity index (χ0n) is 23.8. The first-order valence-electron chi connectivity index (χ1n) is 14.8. The van der Waals surface area contributed by atoms with Gasteiger partial charge in [-0.15, -0.1) is 0 Å². The van der Waals surface area contributed by atoms with Crippen LogP contribution in [0.3, 0.4) is 0 Å². The summed E-state index contributed by atoms with van der Waals surface area (Å²) in [7, 11) is 0. The number of amides is 2. The fraction of sp³-hybridized carbons (Fsp3) is 0.424. The number of carbonyl (C=O) groups is 3. The largest absolute Gasteiger partial charge is 0.456 e. The monoisotopic (exact) mass is 588 g/mol. The van der Waals surface area contributed by atoms with Crippen molar-refractivity contribution in [2.24, 2.45) is 5.92 Å². The van der Waals surface area contributed by atoms with Crippen LogP contribution in [0.2, 0.25) is 0 Å². The van der Waals surface area contributed by atoms with Crippen molar-refractivity contribution >= 4 is 23.9 Å². The summed E-state index contributed by atoms with van der Waals surface area (Å²) in [5.41, 5.74) is 3.04. The third-order valence-corrected chi connectivity index (χ3v) is 8.34. The summed E-state index contributed by atoms with van der Waals surface area (Å²) in [5, 5.41) is 14.4. The number of allylic oxidation sites excluding steroid dienone is 1. The van der Waals surface area contributed by atoms with Gasteiger partial charge in [-0.3, -0.25) is 9.59 Å². The molecule has 10 nitrogen and oxygen atoms in total. The lowest BCUT2D eigenvalue weighted by Crippen LogP contribution is -2.43. The quantitative estimate of drug-likeness (QED) is 0.285. The van der Waals surface area contributed by atoms with Crippen LogP contribution in [-0.4, -0.2) is 73.4 Å². The summed E-state index contributed by atoms with van der Waals surface area (Å²) in [5.74, 6) is -0.585. The Morgan fingerprint density at radius 1 is 0.977 bits per heavy atom. The summed E-state index contributed by atoms with van der Waals surface area (Å²) in [6, 6.07) is 14.2. The van der Waals surface area contributed by atoms with Crippen molar-refractivity contribution in [3.8, 4) is 0 Å². The Hall–Kier alpha value is -3.83. The lowest BCUT2D eigenvalue weighted by molar-refractivity contribution is -0.118. The van der Waals surface area contributed by atoms with Gasteiger partial charge in [-0.05, 0) is 66.6 Å². The van der Waals surface area contributed by atoms with E-state index in [-0.39, 0.29) is 44.7 Å². The van der Waals surface area contributed by atoms with E-state index < -0.39 is 24.3 Å². The van der Waals surface area contributed by atoms with E-state index in [0.717, 1.165) is 30.4 Å². The minimum atomic E-state index is -0.691. The van der Waals surface area contributed by atoms with Gasteiger partial charge in [0, 0.05) is 30.6 Å². The summed E-state index contributed by atoms with van der Waals surface area (Å²) in [6.07, 6.45) is 8.80. The normalized spacial score (nSPS) is 27.5. The molecule has 0 spiro atoms. The molecule has 2 amide bonds. The molecule has 43 heavy (non-hydrogen) atoms. The highest BCUT2D eigenvalue weighted by Gasteiger charge is 2.43. The van der Waals surface area contributed by atoms with Crippen LogP contribution in [0.5, 0.6) is 0 Å². The molecule has 226 valence electrons. The van der Waals surface area contributed by atoms with Gasteiger partial charge in [0.25, 0.3) is 5.91 Å². The van der Waals surface area contributed by atoms with Crippen molar-refractivity contribution in [1.82, 2.24) is 10.6 Å². The summed E-state index contributed by atoms with van der Waals surface area (Å²) in [4.78, 5) is 38.4. The fourth-order valence-corrected chi connectivity index (χ4v) is 5.91. The Morgan fingerprint density at radius 3 is 2.65 bits per heavy atom. The van der Waals surface area contributed by atoms with Crippen LogP contribution in [0.15, 0.2) is 66.3 Å². The van der Waals surface area contributed by atoms with E-state index in [2.05, 4.69) is 22.8 Å². The predicted molar refractivity (Wildman–Crippen MR) is 156 cm³/mol. The van der Waals surface area contributed by atoms with Gasteiger partial charge in [-0.2, -0.15) is 0 Å². The van der Waals surface area contributed by atoms with Gasteiger partial charge < -0.3 is 34.7 Å². The molecule has 2 aliphatic carbocycles. The van der Waals surface area contributed by atoms with Gasteiger partial charge in [0.2, 0.25) is 5.91 Å². The SMILES string of the molecule is O=C(NCc1cccc(C(=O)NCCO)c1)C1=CC2OCOC2C(OC(=O)c2ccc(C=CC3CCC4OC4C3)cc2)C1. The molecule has 0 aromatic heterocycles. The van der Waals surface area contributed by atoms with Gasteiger partial charge in [0.05, 0.1) is 24.4 Å². The third kappa shape index (κ3) is 7.22. The number of hydrogen-bond donors (Lipinski definition) is 3. The third-order valence-electron chi connectivity index (χ3n) is 8.34. The Balaban J connectivity index is 1.04. The van der Waals surface area contributed by atoms with Crippen molar-refractivity contribution < 1.29 is 38.4 Å². The van der Waals surface area contributed by atoms with Crippen LogP contribution in [0.1, 0.15) is 57.5 Å². The van der Waals surface area contributed by atoms with E-state index >= 15 is 0 Å². The van der Waals surface area contributed by atoms with E-state index in [1.54, 1.807) is 42.5 Å². The molecule has 1 saturated carbocycles. The molecular weight excluding hydrogens is 552 g/mol. The second-order valence-corrected chi connectivity index (χ2v) is 11.4. The molecule has 2 saturated heterocycles. The van der Waals surface area contributed by atoms with Crippen molar-refractivity contribution in [2.75, 3.05) is 19.9 Å². The average molecular weight is 589 g/mol. The smallest absolute Gasteiger partial charge is 0.338 e. The molecule has 0 bridgehead atoms. The molecule has 3 N–H and O–H groups in total. The molecule has 3 fully saturated rings. The van der Waals surface area contributed by atoms with Crippen LogP contribution in [0.25, 0.3) is 6.08 Å². The Bertz CT molecular complexity index is 1400. The molecule has 6 rings (SSSR count). The van der Waals surface area contributed by atoms with Gasteiger partial charge >= 0.3 is 5.97 Å². The molecule has 2 aliphatic heterocycles. The molecule has 0 radical (unpaired) electrons. The number of nitrogens with one attached hydrogen (secondary N) is 2. The maximum absolute atomic E-state index is 13.1. The Morgan fingerprint density at radius 2 is 1.84 bits per heavy atom. The molecule has 6 atom stereocenters. The highest BCUT2D eigenvalue weighted by atomic mass is 16.7. The minimum Gasteiger partial charge on any atom is -0.456 e. The van der Waals surface area contributed by atoms with Crippen molar-refractivity contribution in [1.29, 1.82) is 0 Å². The van der Waals surface area contributed by atoms with Gasteiger partial charge in [0.15, 0.2) is 0 Å². The topological polar surface area (TPSA) is 136 Å². The highest BCUT2D eigenvalue weighted by molar-refractivity contribution is 5.95. The zero-order valence-corrected chi connectivity index (χ0v) is 23.8. The van der Waals surface area contributed by atoms with Crippen LogP contribution < -0.4 is 10.6 Å². The predicted octanol–water partition coefficient (Wildman–Crippen LogP) is 2.90. The molecular formula is C33H36N2O8. The van der Waals surface area contributed by atoms with E-state index in [4.69, 9.17) is 24.1 Å². The van der Waals surface area contributed by atoms with E-state index in [1.165, 1.54) is 0 Å². The Labute approximate surface area is 250 Å². The van der Waals surface area contributed by atoms with E-state index in [1.807, 2.05) is 12.1 Å². The molecule has 2 aromatic rings. The summed E-state index contributed by atoms with van der Waals surface area (Å²) in [6.45, 7) is 0.262. The van der Waals surface area contributed by atoms with Crippen LogP contribution in [-0.2, 0) is 30.3 Å². The zero-order chi connectivity index (χ0) is 29.8. The van der Waals surface area contributed by atoms with Gasteiger partial charge in [0.1, 0.15) is 25.1 Å². The van der Waals surface area contributed by atoms with Crippen LogP contribution >= 0.6 is 0 Å². The Kier molecular flexibility index (Phi) is 8.99. The summed E-state index contributed by atoms with van der Waals surface area (Å²) >= 11 is 0. The molecule has 6 unspecified atom stereocenters. The summed E-state index contributed by atoms with van der Waals surface area (Å²) < 4.78 is 22.8. The number of aliphatic hydroxyl groups is 1. The maximum atomic E-state index is 13.1. The first-order valence-corrected chi connectivity index (χ1v) is 14.8. The standard InChI is InChI=1S/C33H36N2O8/c36-13-12-34-31(37)24-3-1-2-22(14-24)18-35-32(38)25-16-28-30(41-19-40-28)29(17-25)43-33(39)23-9-6-20(7-10-23)4-5-21-8-11-26-27(15-21)42-26/h1-7,9-10,14,16,21,26-30,36H,8,11-13,15,17-19H2,(H,34,37)(H,35,38). The van der Waals surface area contributed by atoms with Crippen LogP contribution in [0, 0.1) is 5.92 Å².